The smallest absolute Gasteiger partial charge is 0.251 e. The highest BCUT2D eigenvalue weighted by atomic mass is 16.5. The average molecular weight is 479 g/mol. The third-order valence-electron chi connectivity index (χ3n) is 6.46. The van der Waals surface area contributed by atoms with Crippen molar-refractivity contribution in [1.82, 2.24) is 20.3 Å². The van der Waals surface area contributed by atoms with Crippen LogP contribution in [-0.4, -0.2) is 61.2 Å². The van der Waals surface area contributed by atoms with Gasteiger partial charge in [-0.15, -0.1) is 0 Å². The number of ether oxygens (including phenoxy) is 2. The van der Waals surface area contributed by atoms with E-state index in [9.17, 15) is 4.79 Å². The van der Waals surface area contributed by atoms with E-state index in [1.807, 2.05) is 13.8 Å². The van der Waals surface area contributed by atoms with Crippen molar-refractivity contribution in [3.63, 3.8) is 0 Å². The molecule has 3 aromatic rings. The molecule has 0 saturated carbocycles. The van der Waals surface area contributed by atoms with Crippen molar-refractivity contribution in [2.45, 2.75) is 33.5 Å². The van der Waals surface area contributed by atoms with E-state index in [-0.39, 0.29) is 5.91 Å². The second kappa shape index (κ2) is 11.4. The summed E-state index contributed by atoms with van der Waals surface area (Å²) >= 11 is 0. The third kappa shape index (κ3) is 6.41. The molecule has 1 aliphatic rings. The molecule has 0 spiro atoms. The van der Waals surface area contributed by atoms with Crippen LogP contribution in [0.3, 0.4) is 0 Å². The van der Waals surface area contributed by atoms with Crippen LogP contribution in [-0.2, 0) is 19.7 Å². The molecule has 0 bridgehead atoms. The highest BCUT2D eigenvalue weighted by molar-refractivity contribution is 5.94. The van der Waals surface area contributed by atoms with E-state index in [0.29, 0.717) is 30.2 Å². The molecule has 1 aliphatic heterocycles. The number of piperazine rings is 1. The van der Waals surface area contributed by atoms with E-state index in [2.05, 4.69) is 51.6 Å². The molecule has 4 rings (SSSR count). The van der Waals surface area contributed by atoms with Gasteiger partial charge in [-0.2, -0.15) is 0 Å². The summed E-state index contributed by atoms with van der Waals surface area (Å²) in [6.45, 7) is 9.89. The number of methoxy groups -OCH3 is 1. The van der Waals surface area contributed by atoms with Gasteiger partial charge in [0, 0.05) is 44.8 Å². The fourth-order valence-corrected chi connectivity index (χ4v) is 4.10. The van der Waals surface area contributed by atoms with Crippen LogP contribution in [0, 0.1) is 13.8 Å². The lowest BCUT2D eigenvalue weighted by atomic mass is 10.1. The Morgan fingerprint density at radius 2 is 1.74 bits per heavy atom. The van der Waals surface area contributed by atoms with Gasteiger partial charge in [0.05, 0.1) is 18.4 Å². The Hall–Kier alpha value is -3.36. The molecule has 186 valence electrons. The molecule has 1 amide bonds. The van der Waals surface area contributed by atoms with E-state index in [0.717, 1.165) is 55.3 Å². The number of aromatic nitrogens is 1. The van der Waals surface area contributed by atoms with Crippen LogP contribution < -0.4 is 14.8 Å². The van der Waals surface area contributed by atoms with Gasteiger partial charge < -0.3 is 24.2 Å². The molecular weight excluding hydrogens is 444 g/mol. The van der Waals surface area contributed by atoms with Gasteiger partial charge in [0.25, 0.3) is 5.91 Å². The van der Waals surface area contributed by atoms with Crippen LogP contribution >= 0.6 is 0 Å². The first-order chi connectivity index (χ1) is 16.9. The number of rotatable bonds is 9. The van der Waals surface area contributed by atoms with E-state index in [1.165, 1.54) is 5.56 Å². The number of amides is 1. The highest BCUT2D eigenvalue weighted by Gasteiger charge is 2.15. The average Bonchev–Trinajstić information content (AvgIpc) is 3.20. The summed E-state index contributed by atoms with van der Waals surface area (Å²) in [4.78, 5) is 17.6. The molecule has 1 saturated heterocycles. The monoisotopic (exact) mass is 478 g/mol. The molecule has 0 radical (unpaired) electrons. The fraction of sp³-hybridized carbons (Fsp3) is 0.407. The minimum Gasteiger partial charge on any atom is -0.493 e. The number of carbonyl (C=O) groups excluding carboxylic acids is 1. The van der Waals surface area contributed by atoms with E-state index in [1.54, 1.807) is 25.3 Å². The van der Waals surface area contributed by atoms with Gasteiger partial charge in [-0.25, -0.2) is 0 Å². The second-order valence-electron chi connectivity index (χ2n) is 9.04. The summed E-state index contributed by atoms with van der Waals surface area (Å²) in [5, 5.41) is 6.93. The Labute approximate surface area is 206 Å². The zero-order chi connectivity index (χ0) is 24.8. The minimum atomic E-state index is -0.165. The summed E-state index contributed by atoms with van der Waals surface area (Å²) in [5.74, 6) is 1.62. The van der Waals surface area contributed by atoms with Gasteiger partial charge in [-0.3, -0.25) is 9.69 Å². The number of nitrogens with zero attached hydrogens (tertiary/aromatic N) is 3. The van der Waals surface area contributed by atoms with Crippen molar-refractivity contribution in [3.05, 3.63) is 76.2 Å². The summed E-state index contributed by atoms with van der Waals surface area (Å²) in [6.07, 6.45) is 0. The number of nitrogens with one attached hydrogen (secondary N) is 1. The Morgan fingerprint density at radius 1 is 1.03 bits per heavy atom. The van der Waals surface area contributed by atoms with Crippen LogP contribution in [0.25, 0.3) is 0 Å². The summed E-state index contributed by atoms with van der Waals surface area (Å²) in [7, 11) is 3.73. The summed E-state index contributed by atoms with van der Waals surface area (Å²) < 4.78 is 16.5. The zero-order valence-corrected chi connectivity index (χ0v) is 21.0. The molecule has 8 nitrogen and oxygen atoms in total. The van der Waals surface area contributed by atoms with Gasteiger partial charge >= 0.3 is 0 Å². The predicted molar refractivity (Wildman–Crippen MR) is 134 cm³/mol. The standard InChI is InChI=1S/C27H34N4O4/c1-19-24(20(2)35-29-19)18-34-25-10-9-23(15-26(25)33-4)27(32)28-16-21-5-7-22(8-6-21)17-31-13-11-30(3)12-14-31/h5-10,15H,11-14,16-18H2,1-4H3,(H,28,32). The maximum absolute atomic E-state index is 12.7. The fourth-order valence-electron chi connectivity index (χ4n) is 4.10. The SMILES string of the molecule is COc1cc(C(=O)NCc2ccc(CN3CCN(C)CC3)cc2)ccc1OCc1c(C)noc1C. The molecule has 35 heavy (non-hydrogen) atoms. The van der Waals surface area contributed by atoms with Crippen LogP contribution in [0.5, 0.6) is 11.5 Å². The van der Waals surface area contributed by atoms with Crippen molar-refractivity contribution in [3.8, 4) is 11.5 Å². The topological polar surface area (TPSA) is 80.1 Å². The lowest BCUT2D eigenvalue weighted by Gasteiger charge is -2.32. The van der Waals surface area contributed by atoms with Crippen LogP contribution in [0.15, 0.2) is 47.0 Å². The Balaban J connectivity index is 1.30. The lowest BCUT2D eigenvalue weighted by molar-refractivity contribution is 0.0950. The van der Waals surface area contributed by atoms with Gasteiger partial charge in [0.1, 0.15) is 12.4 Å². The lowest BCUT2D eigenvalue weighted by Crippen LogP contribution is -2.43. The molecule has 1 fully saturated rings. The highest BCUT2D eigenvalue weighted by Crippen LogP contribution is 2.29. The third-order valence-corrected chi connectivity index (χ3v) is 6.46. The Kier molecular flexibility index (Phi) is 8.05. The predicted octanol–water partition coefficient (Wildman–Crippen LogP) is 3.56. The molecular formula is C27H34N4O4. The van der Waals surface area contributed by atoms with Gasteiger partial charge in [0.2, 0.25) is 0 Å². The van der Waals surface area contributed by atoms with Crippen LogP contribution in [0.4, 0.5) is 0 Å². The first-order valence-electron chi connectivity index (χ1n) is 11.9. The Bertz CT molecular complexity index is 1120. The zero-order valence-electron chi connectivity index (χ0n) is 21.0. The first kappa shape index (κ1) is 24.8. The number of likely N-dealkylation sites (N-methyl/N-ethyl adjacent to an activating group) is 1. The molecule has 8 heteroatoms. The Morgan fingerprint density at radius 3 is 2.40 bits per heavy atom. The number of benzene rings is 2. The van der Waals surface area contributed by atoms with Crippen LogP contribution in [0.1, 0.15) is 38.5 Å². The van der Waals surface area contributed by atoms with Crippen molar-refractivity contribution < 1.29 is 18.8 Å². The second-order valence-corrected chi connectivity index (χ2v) is 9.04. The van der Waals surface area contributed by atoms with Gasteiger partial charge in [-0.05, 0) is 50.2 Å². The molecule has 0 aliphatic carbocycles. The molecule has 0 atom stereocenters. The minimum absolute atomic E-state index is 0.165. The number of aryl methyl sites for hydroxylation is 2. The molecule has 2 aromatic carbocycles. The van der Waals surface area contributed by atoms with Crippen molar-refractivity contribution in [2.75, 3.05) is 40.3 Å². The number of carbonyl (C=O) groups is 1. The first-order valence-corrected chi connectivity index (χ1v) is 11.9. The summed E-state index contributed by atoms with van der Waals surface area (Å²) in [5.41, 5.74) is 4.57. The molecule has 1 N–H and O–H groups in total. The van der Waals surface area contributed by atoms with Gasteiger partial charge in [-0.1, -0.05) is 29.4 Å². The van der Waals surface area contributed by atoms with Gasteiger partial charge in [0.15, 0.2) is 11.5 Å². The van der Waals surface area contributed by atoms with Crippen LogP contribution in [0.2, 0.25) is 0 Å². The number of hydrogen-bond donors (Lipinski definition) is 1. The molecule has 0 unspecified atom stereocenters. The molecule has 2 heterocycles. The largest absolute Gasteiger partial charge is 0.493 e. The maximum atomic E-state index is 12.7. The van der Waals surface area contributed by atoms with E-state index in [4.69, 9.17) is 14.0 Å². The van der Waals surface area contributed by atoms with Crippen molar-refractivity contribution in [2.24, 2.45) is 0 Å². The maximum Gasteiger partial charge on any atom is 0.251 e. The van der Waals surface area contributed by atoms with Crippen molar-refractivity contribution in [1.29, 1.82) is 0 Å². The normalized spacial score (nSPS) is 14.6. The number of hydrogen-bond acceptors (Lipinski definition) is 7. The van der Waals surface area contributed by atoms with E-state index >= 15 is 0 Å². The molecule has 1 aromatic heterocycles. The van der Waals surface area contributed by atoms with Crippen molar-refractivity contribution >= 4 is 5.91 Å². The quantitative estimate of drug-likeness (QED) is 0.504. The summed E-state index contributed by atoms with van der Waals surface area (Å²) in [6, 6.07) is 13.6. The van der Waals surface area contributed by atoms with E-state index < -0.39 is 0 Å².